The quantitative estimate of drug-likeness (QED) is 0.723. The van der Waals surface area contributed by atoms with E-state index in [9.17, 15) is 31.5 Å². The summed E-state index contributed by atoms with van der Waals surface area (Å²) in [6, 6.07) is 12.5. The number of para-hydroxylation sites is 2. The van der Waals surface area contributed by atoms with E-state index in [4.69, 9.17) is 0 Å². The molecule has 0 amide bonds. The fourth-order valence-corrected chi connectivity index (χ4v) is 6.59. The molecule has 172 valence electrons. The number of carbonyl (C=O) groups is 1. The average Bonchev–Trinajstić information content (AvgIpc) is 3.14. The Labute approximate surface area is 183 Å². The maximum absolute atomic E-state index is 13.4. The lowest BCUT2D eigenvalue weighted by Gasteiger charge is -2.37. The summed E-state index contributed by atoms with van der Waals surface area (Å²) in [5, 5.41) is 8.44. The van der Waals surface area contributed by atoms with Crippen molar-refractivity contribution in [1.29, 1.82) is 0 Å². The van der Waals surface area contributed by atoms with E-state index in [0.29, 0.717) is 11.1 Å². The minimum Gasteiger partial charge on any atom is -0.481 e. The number of alkyl halides is 3. The second-order valence-corrected chi connectivity index (χ2v) is 9.77. The number of hydrogen-bond acceptors (Lipinski definition) is 5. The van der Waals surface area contributed by atoms with Crippen molar-refractivity contribution >= 4 is 21.7 Å². The van der Waals surface area contributed by atoms with Crippen molar-refractivity contribution in [3.05, 3.63) is 59.7 Å². The van der Waals surface area contributed by atoms with Gasteiger partial charge in [-0.1, -0.05) is 36.4 Å². The molecular formula is C21H21F3N2O5S. The molecule has 2 unspecified atom stereocenters. The van der Waals surface area contributed by atoms with E-state index < -0.39 is 33.5 Å². The first-order chi connectivity index (χ1) is 15.1. The van der Waals surface area contributed by atoms with E-state index in [0.717, 1.165) is 0 Å². The fraction of sp³-hybridized carbons (Fsp3) is 0.381. The summed E-state index contributed by atoms with van der Waals surface area (Å²) >= 11 is 0. The lowest BCUT2D eigenvalue weighted by atomic mass is 10.1. The first-order valence-corrected chi connectivity index (χ1v) is 11.5. The Balaban J connectivity index is 1.54. The number of anilines is 1. The Bertz CT molecular complexity index is 1110. The standard InChI is InChI=1S/C21H21F3N2O5S/c22-21(23,24)31-18-8-4-3-7-17(18)25-9-11-26(12-10-25)32(29,30)19-15-6-2-1-5-14(15)13-16(19)20(27)28/h1-8,16,19H,9-13H2,(H,27,28). The predicted molar refractivity (Wildman–Crippen MR) is 110 cm³/mol. The molecule has 1 aliphatic heterocycles. The van der Waals surface area contributed by atoms with Crippen molar-refractivity contribution in [1.82, 2.24) is 4.31 Å². The van der Waals surface area contributed by atoms with Gasteiger partial charge in [-0.25, -0.2) is 8.42 Å². The summed E-state index contributed by atoms with van der Waals surface area (Å²) in [4.78, 5) is 13.4. The molecule has 32 heavy (non-hydrogen) atoms. The SMILES string of the molecule is O=C(O)C1Cc2ccccc2C1S(=O)(=O)N1CCN(c2ccccc2OC(F)(F)F)CC1. The second kappa shape index (κ2) is 8.28. The molecule has 1 fully saturated rings. The van der Waals surface area contributed by atoms with Crippen molar-refractivity contribution in [3.8, 4) is 5.75 Å². The van der Waals surface area contributed by atoms with Crippen molar-refractivity contribution in [2.24, 2.45) is 5.92 Å². The molecule has 1 aliphatic carbocycles. The van der Waals surface area contributed by atoms with E-state index >= 15 is 0 Å². The maximum atomic E-state index is 13.4. The number of rotatable bonds is 5. The minimum atomic E-state index is -4.84. The zero-order valence-electron chi connectivity index (χ0n) is 16.8. The van der Waals surface area contributed by atoms with E-state index in [1.807, 2.05) is 0 Å². The molecule has 4 rings (SSSR count). The average molecular weight is 470 g/mol. The van der Waals surface area contributed by atoms with Gasteiger partial charge < -0.3 is 14.7 Å². The summed E-state index contributed by atoms with van der Waals surface area (Å²) in [6.45, 7) is 0.328. The number of benzene rings is 2. The van der Waals surface area contributed by atoms with Crippen LogP contribution in [0.3, 0.4) is 0 Å². The summed E-state index contributed by atoms with van der Waals surface area (Å²) in [5.41, 5.74) is 1.41. The topological polar surface area (TPSA) is 87.1 Å². The number of hydrogen-bond donors (Lipinski definition) is 1. The molecule has 2 atom stereocenters. The third kappa shape index (κ3) is 4.26. The number of sulfonamides is 1. The molecule has 0 bridgehead atoms. The van der Waals surface area contributed by atoms with Gasteiger partial charge in [0.2, 0.25) is 10.0 Å². The van der Waals surface area contributed by atoms with Crippen molar-refractivity contribution in [2.45, 2.75) is 18.0 Å². The first kappa shape index (κ1) is 22.4. The van der Waals surface area contributed by atoms with Crippen molar-refractivity contribution in [3.63, 3.8) is 0 Å². The zero-order chi connectivity index (χ0) is 23.1. The van der Waals surface area contributed by atoms with Crippen LogP contribution in [0.25, 0.3) is 0 Å². The van der Waals surface area contributed by atoms with Gasteiger partial charge in [-0.05, 0) is 29.7 Å². The van der Waals surface area contributed by atoms with Crippen LogP contribution in [0.2, 0.25) is 0 Å². The van der Waals surface area contributed by atoms with Crippen LogP contribution in [0, 0.1) is 5.92 Å². The Hall–Kier alpha value is -2.79. The number of ether oxygens (including phenoxy) is 1. The van der Waals surface area contributed by atoms with Crippen LogP contribution in [0.4, 0.5) is 18.9 Å². The molecule has 0 saturated carbocycles. The third-order valence-corrected chi connectivity index (χ3v) is 8.14. The highest BCUT2D eigenvalue weighted by Crippen LogP contribution is 2.43. The molecule has 0 radical (unpaired) electrons. The largest absolute Gasteiger partial charge is 0.573 e. The third-order valence-electron chi connectivity index (χ3n) is 5.84. The van der Waals surface area contributed by atoms with Gasteiger partial charge in [0, 0.05) is 26.2 Å². The van der Waals surface area contributed by atoms with Crippen molar-refractivity contribution < 1.29 is 36.2 Å². The van der Waals surface area contributed by atoms with Gasteiger partial charge in [-0.2, -0.15) is 4.31 Å². The molecule has 1 N–H and O–H groups in total. The van der Waals surface area contributed by atoms with E-state index in [1.165, 1.54) is 22.5 Å². The zero-order valence-corrected chi connectivity index (χ0v) is 17.6. The first-order valence-electron chi connectivity index (χ1n) is 9.97. The molecule has 2 aliphatic rings. The molecule has 0 aromatic heterocycles. The molecule has 1 heterocycles. The number of fused-ring (bicyclic) bond motifs is 1. The van der Waals surface area contributed by atoms with Crippen LogP contribution in [0.15, 0.2) is 48.5 Å². The van der Waals surface area contributed by atoms with Crippen LogP contribution in [-0.2, 0) is 21.2 Å². The number of carboxylic acids is 1. The van der Waals surface area contributed by atoms with Gasteiger partial charge in [-0.15, -0.1) is 13.2 Å². The molecule has 2 aromatic carbocycles. The summed E-state index contributed by atoms with van der Waals surface area (Å²) in [5.74, 6) is -2.62. The highest BCUT2D eigenvalue weighted by molar-refractivity contribution is 7.89. The van der Waals surface area contributed by atoms with Crippen LogP contribution < -0.4 is 9.64 Å². The minimum absolute atomic E-state index is 0.0215. The number of halogens is 3. The van der Waals surface area contributed by atoms with Gasteiger partial charge in [0.25, 0.3) is 0 Å². The maximum Gasteiger partial charge on any atom is 0.573 e. The van der Waals surface area contributed by atoms with Gasteiger partial charge in [0.15, 0.2) is 5.75 Å². The van der Waals surface area contributed by atoms with Gasteiger partial charge in [0.05, 0.1) is 11.6 Å². The Morgan fingerprint density at radius 2 is 1.62 bits per heavy atom. The molecule has 11 heteroatoms. The predicted octanol–water partition coefficient (Wildman–Crippen LogP) is 3.04. The number of carboxylic acid groups (broad SMARTS) is 1. The summed E-state index contributed by atoms with van der Waals surface area (Å²) < 4.78 is 70.4. The molecular weight excluding hydrogens is 449 g/mol. The van der Waals surface area contributed by atoms with Gasteiger partial charge in [0.1, 0.15) is 5.25 Å². The number of nitrogens with zero attached hydrogens (tertiary/aromatic N) is 2. The second-order valence-electron chi connectivity index (χ2n) is 7.71. The molecule has 2 aromatic rings. The van der Waals surface area contributed by atoms with E-state index in [2.05, 4.69) is 4.74 Å². The Kier molecular flexibility index (Phi) is 5.80. The molecule has 1 saturated heterocycles. The summed E-state index contributed by atoms with van der Waals surface area (Å²) in [7, 11) is -4.00. The smallest absolute Gasteiger partial charge is 0.481 e. The van der Waals surface area contributed by atoms with E-state index in [-0.39, 0.29) is 44.0 Å². The summed E-state index contributed by atoms with van der Waals surface area (Å²) in [6.07, 6.45) is -4.71. The Morgan fingerprint density at radius 3 is 2.28 bits per heavy atom. The molecule has 0 spiro atoms. The monoisotopic (exact) mass is 470 g/mol. The van der Waals surface area contributed by atoms with Gasteiger partial charge >= 0.3 is 12.3 Å². The lowest BCUT2D eigenvalue weighted by molar-refractivity contribution is -0.274. The van der Waals surface area contributed by atoms with Crippen LogP contribution in [-0.4, -0.2) is 56.3 Å². The van der Waals surface area contributed by atoms with Crippen molar-refractivity contribution in [2.75, 3.05) is 31.1 Å². The highest BCUT2D eigenvalue weighted by Gasteiger charge is 2.48. The van der Waals surface area contributed by atoms with Crippen LogP contribution in [0.1, 0.15) is 16.4 Å². The lowest BCUT2D eigenvalue weighted by Crippen LogP contribution is -2.50. The molecule has 7 nitrogen and oxygen atoms in total. The fourth-order valence-electron chi connectivity index (χ4n) is 4.42. The number of piperazine rings is 1. The highest BCUT2D eigenvalue weighted by atomic mass is 32.2. The van der Waals surface area contributed by atoms with Crippen LogP contribution in [0.5, 0.6) is 5.75 Å². The normalized spacial score (nSPS) is 21.9. The van der Waals surface area contributed by atoms with Crippen LogP contribution >= 0.6 is 0 Å². The number of aliphatic carboxylic acids is 1. The van der Waals surface area contributed by atoms with E-state index in [1.54, 1.807) is 35.2 Å². The van der Waals surface area contributed by atoms with Gasteiger partial charge in [-0.3, -0.25) is 4.79 Å². The Morgan fingerprint density at radius 1 is 1.00 bits per heavy atom.